The molecule has 3 rings (SSSR count). The molecular weight excluding hydrogens is 344 g/mol. The summed E-state index contributed by atoms with van der Waals surface area (Å²) in [5.74, 6) is -0.154. The number of nitrogens with zero attached hydrogens (tertiary/aromatic N) is 1. The van der Waals surface area contributed by atoms with Gasteiger partial charge in [-0.3, -0.25) is 9.69 Å². The Labute approximate surface area is 154 Å². The predicted octanol–water partition coefficient (Wildman–Crippen LogP) is 0.813. The third-order valence-corrected chi connectivity index (χ3v) is 4.95. The van der Waals surface area contributed by atoms with Gasteiger partial charge in [0, 0.05) is 12.1 Å². The van der Waals surface area contributed by atoms with Crippen molar-refractivity contribution in [2.75, 3.05) is 26.2 Å². The van der Waals surface area contributed by atoms with Gasteiger partial charge in [0.2, 0.25) is 0 Å². The summed E-state index contributed by atoms with van der Waals surface area (Å²) in [5, 5.41) is 22.8. The van der Waals surface area contributed by atoms with Gasteiger partial charge in [-0.2, -0.15) is 0 Å². The van der Waals surface area contributed by atoms with Gasteiger partial charge in [-0.25, -0.2) is 0 Å². The highest BCUT2D eigenvalue weighted by Gasteiger charge is 2.46. The smallest absolute Gasteiger partial charge is 0.251 e. The number of hydrogen-bond donors (Lipinski definition) is 3. The van der Waals surface area contributed by atoms with E-state index < -0.39 is 12.2 Å². The van der Waals surface area contributed by atoms with Crippen LogP contribution in [0.4, 0.5) is 0 Å². The Balaban J connectivity index is 0.00000225. The van der Waals surface area contributed by atoms with E-state index in [2.05, 4.69) is 10.2 Å². The van der Waals surface area contributed by atoms with E-state index in [4.69, 9.17) is 4.74 Å². The lowest BCUT2D eigenvalue weighted by molar-refractivity contribution is -0.0209. The van der Waals surface area contributed by atoms with Gasteiger partial charge in [-0.05, 0) is 38.1 Å². The van der Waals surface area contributed by atoms with Crippen LogP contribution in [0.5, 0.6) is 0 Å². The van der Waals surface area contributed by atoms with Gasteiger partial charge in [0.25, 0.3) is 5.91 Å². The zero-order valence-electron chi connectivity index (χ0n) is 14.2. The molecule has 0 radical (unpaired) electrons. The van der Waals surface area contributed by atoms with Crippen LogP contribution in [0, 0.1) is 0 Å². The van der Waals surface area contributed by atoms with Crippen molar-refractivity contribution in [2.24, 2.45) is 0 Å². The Hall–Kier alpha value is -1.18. The molecule has 0 bridgehead atoms. The van der Waals surface area contributed by atoms with Crippen LogP contribution in [-0.4, -0.2) is 71.6 Å². The number of piperidine rings is 1. The fraction of sp³-hybridized carbons (Fsp3) is 0.611. The molecule has 0 aromatic heterocycles. The Kier molecular flexibility index (Phi) is 7.65. The second-order valence-electron chi connectivity index (χ2n) is 6.55. The van der Waals surface area contributed by atoms with Crippen LogP contribution in [0.2, 0.25) is 0 Å². The number of aliphatic hydroxyl groups is 2. The van der Waals surface area contributed by atoms with Gasteiger partial charge in [-0.1, -0.05) is 24.6 Å². The minimum atomic E-state index is -0.730. The number of ether oxygens (including phenoxy) is 1. The van der Waals surface area contributed by atoms with E-state index >= 15 is 0 Å². The highest BCUT2D eigenvalue weighted by molar-refractivity contribution is 5.94. The molecule has 140 valence electrons. The van der Waals surface area contributed by atoms with Crippen LogP contribution in [0.15, 0.2) is 30.3 Å². The Morgan fingerprint density at radius 2 is 1.84 bits per heavy atom. The minimum Gasteiger partial charge on any atom is -0.394 e. The van der Waals surface area contributed by atoms with Gasteiger partial charge in [0.15, 0.2) is 0 Å². The van der Waals surface area contributed by atoms with E-state index in [1.54, 1.807) is 12.1 Å². The van der Waals surface area contributed by atoms with Crippen molar-refractivity contribution >= 4 is 18.3 Å². The van der Waals surface area contributed by atoms with Crippen molar-refractivity contribution in [2.45, 2.75) is 43.6 Å². The van der Waals surface area contributed by atoms with Crippen molar-refractivity contribution in [3.05, 3.63) is 35.9 Å². The zero-order chi connectivity index (χ0) is 16.9. The van der Waals surface area contributed by atoms with Gasteiger partial charge in [-0.15, -0.1) is 12.4 Å². The monoisotopic (exact) mass is 370 g/mol. The number of rotatable bonds is 5. The maximum absolute atomic E-state index is 12.2. The third kappa shape index (κ3) is 4.71. The summed E-state index contributed by atoms with van der Waals surface area (Å²) < 4.78 is 5.82. The van der Waals surface area contributed by atoms with Gasteiger partial charge in [0.1, 0.15) is 12.2 Å². The number of aliphatic hydroxyl groups excluding tert-OH is 2. The quantitative estimate of drug-likeness (QED) is 0.714. The Morgan fingerprint density at radius 1 is 1.16 bits per heavy atom. The largest absolute Gasteiger partial charge is 0.394 e. The summed E-state index contributed by atoms with van der Waals surface area (Å²) in [7, 11) is 0. The molecule has 6 nitrogen and oxygen atoms in total. The summed E-state index contributed by atoms with van der Waals surface area (Å²) in [5.41, 5.74) is 0.601. The molecule has 25 heavy (non-hydrogen) atoms. The SMILES string of the molecule is Cl.O=C(NC[C@H]1O[C@@H](CO)[C@@H](O)[C@H]1N1CCCCC1)c1ccccc1. The molecule has 7 heteroatoms. The second-order valence-corrected chi connectivity index (χ2v) is 6.55. The van der Waals surface area contributed by atoms with Crippen LogP contribution in [0.1, 0.15) is 29.6 Å². The highest BCUT2D eigenvalue weighted by atomic mass is 35.5. The molecule has 1 aromatic rings. The lowest BCUT2D eigenvalue weighted by atomic mass is 9.99. The molecule has 4 atom stereocenters. The number of carbonyl (C=O) groups excluding carboxylic acids is 1. The molecule has 1 amide bonds. The molecule has 3 N–H and O–H groups in total. The maximum atomic E-state index is 12.2. The van der Waals surface area contributed by atoms with E-state index in [0.29, 0.717) is 12.1 Å². The number of carbonyl (C=O) groups is 1. The first-order valence-corrected chi connectivity index (χ1v) is 8.72. The van der Waals surface area contributed by atoms with Crippen molar-refractivity contribution in [1.82, 2.24) is 10.2 Å². The van der Waals surface area contributed by atoms with E-state index in [1.165, 1.54) is 6.42 Å². The van der Waals surface area contributed by atoms with Crippen molar-refractivity contribution in [3.8, 4) is 0 Å². The second kappa shape index (κ2) is 9.50. The number of nitrogens with one attached hydrogen (secondary N) is 1. The van der Waals surface area contributed by atoms with Crippen molar-refractivity contribution in [1.29, 1.82) is 0 Å². The van der Waals surface area contributed by atoms with Gasteiger partial charge >= 0.3 is 0 Å². The molecule has 2 heterocycles. The maximum Gasteiger partial charge on any atom is 0.251 e. The molecular formula is C18H27ClN2O4. The summed E-state index contributed by atoms with van der Waals surface area (Å²) in [6, 6.07) is 8.85. The van der Waals surface area contributed by atoms with Crippen LogP contribution >= 0.6 is 12.4 Å². The molecule has 2 fully saturated rings. The molecule has 2 aliphatic heterocycles. The predicted molar refractivity (Wildman–Crippen MR) is 97.0 cm³/mol. The molecule has 2 saturated heterocycles. The average Bonchev–Trinajstić information content (AvgIpc) is 2.96. The van der Waals surface area contributed by atoms with E-state index in [9.17, 15) is 15.0 Å². The molecule has 0 aliphatic carbocycles. The first kappa shape index (κ1) is 20.1. The fourth-order valence-electron chi connectivity index (χ4n) is 3.70. The molecule has 2 aliphatic rings. The Morgan fingerprint density at radius 3 is 2.48 bits per heavy atom. The van der Waals surface area contributed by atoms with Crippen LogP contribution in [0.3, 0.4) is 0 Å². The number of halogens is 1. The first-order chi connectivity index (χ1) is 11.7. The van der Waals surface area contributed by atoms with Gasteiger partial charge < -0.3 is 20.3 Å². The zero-order valence-corrected chi connectivity index (χ0v) is 15.0. The number of benzene rings is 1. The molecule has 0 saturated carbocycles. The summed E-state index contributed by atoms with van der Waals surface area (Å²) in [6.07, 6.45) is 1.79. The lowest BCUT2D eigenvalue weighted by Gasteiger charge is -2.36. The fourth-order valence-corrected chi connectivity index (χ4v) is 3.70. The summed E-state index contributed by atoms with van der Waals surface area (Å²) in [6.45, 7) is 1.95. The van der Waals surface area contributed by atoms with E-state index in [0.717, 1.165) is 25.9 Å². The normalized spacial score (nSPS) is 29.8. The van der Waals surface area contributed by atoms with Gasteiger partial charge in [0.05, 0.1) is 18.8 Å². The van der Waals surface area contributed by atoms with Crippen LogP contribution in [-0.2, 0) is 4.74 Å². The van der Waals surface area contributed by atoms with Crippen molar-refractivity contribution < 1.29 is 19.7 Å². The van der Waals surface area contributed by atoms with E-state index in [1.807, 2.05) is 18.2 Å². The average molecular weight is 371 g/mol. The lowest BCUT2D eigenvalue weighted by Crippen LogP contribution is -2.52. The van der Waals surface area contributed by atoms with E-state index in [-0.39, 0.29) is 37.1 Å². The van der Waals surface area contributed by atoms with Crippen LogP contribution in [0.25, 0.3) is 0 Å². The molecule has 0 spiro atoms. The minimum absolute atomic E-state index is 0. The standard InChI is InChI=1S/C18H26N2O4.ClH/c21-12-15-17(22)16(20-9-5-2-6-10-20)14(24-15)11-19-18(23)13-7-3-1-4-8-13;/h1,3-4,7-8,14-17,21-22H,2,5-6,9-12H2,(H,19,23);1H/t14-,15+,16+,17-;/m1./s1. The number of amides is 1. The third-order valence-electron chi connectivity index (χ3n) is 4.95. The molecule has 0 unspecified atom stereocenters. The number of likely N-dealkylation sites (tertiary alicyclic amines) is 1. The van der Waals surface area contributed by atoms with Crippen LogP contribution < -0.4 is 5.32 Å². The summed E-state index contributed by atoms with van der Waals surface area (Å²) >= 11 is 0. The topological polar surface area (TPSA) is 82.0 Å². The highest BCUT2D eigenvalue weighted by Crippen LogP contribution is 2.28. The first-order valence-electron chi connectivity index (χ1n) is 8.72. The van der Waals surface area contributed by atoms with Crippen molar-refractivity contribution in [3.63, 3.8) is 0 Å². The Bertz CT molecular complexity index is 539. The molecule has 1 aromatic carbocycles. The summed E-state index contributed by atoms with van der Waals surface area (Å²) in [4.78, 5) is 14.5. The number of hydrogen-bond acceptors (Lipinski definition) is 5.